The number of amides is 2. The summed E-state index contributed by atoms with van der Waals surface area (Å²) in [5, 5.41) is 13.5. The van der Waals surface area contributed by atoms with Crippen LogP contribution in [0.1, 0.15) is 67.8 Å². The van der Waals surface area contributed by atoms with E-state index in [2.05, 4.69) is 10.3 Å². The molecule has 0 saturated heterocycles. The van der Waals surface area contributed by atoms with Gasteiger partial charge in [-0.3, -0.25) is 9.59 Å². The van der Waals surface area contributed by atoms with Gasteiger partial charge >= 0.3 is 0 Å². The molecule has 2 amide bonds. The number of carbonyl (C=O) groups excluding carboxylic acids is 2. The number of benzene rings is 2. The summed E-state index contributed by atoms with van der Waals surface area (Å²) in [6.45, 7) is 8.93. The second-order valence-electron chi connectivity index (χ2n) is 10.6. The molecular formula is C29H38ClN5O4. The fourth-order valence-electron chi connectivity index (χ4n) is 4.46. The summed E-state index contributed by atoms with van der Waals surface area (Å²) < 4.78 is 7.67. The molecule has 0 radical (unpaired) electrons. The molecule has 2 unspecified atom stereocenters. The van der Waals surface area contributed by atoms with Gasteiger partial charge in [0.05, 0.1) is 22.9 Å². The first-order valence-electron chi connectivity index (χ1n) is 12.9. The lowest BCUT2D eigenvalue weighted by Gasteiger charge is -2.24. The topological polar surface area (TPSA) is 145 Å². The highest BCUT2D eigenvalue weighted by atomic mass is 35.5. The number of nitrogens with zero attached hydrogens (tertiary/aromatic N) is 2. The molecule has 0 spiro atoms. The average molecular weight is 556 g/mol. The van der Waals surface area contributed by atoms with Crippen LogP contribution in [0.15, 0.2) is 42.6 Å². The number of halogens is 1. The first kappa shape index (κ1) is 30.1. The van der Waals surface area contributed by atoms with E-state index in [0.717, 1.165) is 16.8 Å². The van der Waals surface area contributed by atoms with Gasteiger partial charge in [0.15, 0.2) is 0 Å². The first-order chi connectivity index (χ1) is 18.2. The quantitative estimate of drug-likeness (QED) is 0.284. The Hall–Kier alpha value is -3.40. The number of hydrogen-bond acceptors (Lipinski definition) is 6. The highest BCUT2D eigenvalue weighted by Gasteiger charge is 2.26. The molecule has 0 bridgehead atoms. The zero-order valence-electron chi connectivity index (χ0n) is 23.3. The summed E-state index contributed by atoms with van der Waals surface area (Å²) in [7, 11) is 1.84. The number of nitrogens with two attached hydrogens (primary N) is 2. The van der Waals surface area contributed by atoms with Crippen molar-refractivity contribution in [1.29, 1.82) is 0 Å². The Morgan fingerprint density at radius 2 is 1.79 bits per heavy atom. The van der Waals surface area contributed by atoms with E-state index in [1.54, 1.807) is 37.5 Å². The van der Waals surface area contributed by atoms with Gasteiger partial charge in [0, 0.05) is 36.8 Å². The lowest BCUT2D eigenvalue weighted by atomic mass is 9.87. The van der Waals surface area contributed by atoms with Gasteiger partial charge in [-0.05, 0) is 64.3 Å². The van der Waals surface area contributed by atoms with Crippen LogP contribution in [0.3, 0.4) is 0 Å². The summed E-state index contributed by atoms with van der Waals surface area (Å²) in [5.74, 6) is -0.355. The molecule has 3 rings (SSSR count). The molecule has 2 atom stereocenters. The van der Waals surface area contributed by atoms with Gasteiger partial charge in [-0.2, -0.15) is 0 Å². The van der Waals surface area contributed by atoms with E-state index >= 15 is 0 Å². The third kappa shape index (κ3) is 7.38. The first-order valence-corrected chi connectivity index (χ1v) is 13.2. The fourth-order valence-corrected chi connectivity index (χ4v) is 4.83. The van der Waals surface area contributed by atoms with Crippen LogP contribution in [0.4, 0.5) is 0 Å². The van der Waals surface area contributed by atoms with Crippen LogP contribution in [-0.4, -0.2) is 45.2 Å². The number of aliphatic hydroxyl groups is 1. The van der Waals surface area contributed by atoms with Crippen molar-refractivity contribution in [2.75, 3.05) is 6.54 Å². The summed E-state index contributed by atoms with van der Waals surface area (Å²) in [5.41, 5.74) is 13.7. The van der Waals surface area contributed by atoms with Crippen molar-refractivity contribution >= 4 is 23.4 Å². The van der Waals surface area contributed by atoms with E-state index in [0.29, 0.717) is 23.6 Å². The largest absolute Gasteiger partial charge is 0.489 e. The molecule has 0 aliphatic heterocycles. The van der Waals surface area contributed by atoms with Crippen LogP contribution < -0.4 is 21.5 Å². The van der Waals surface area contributed by atoms with Crippen molar-refractivity contribution in [1.82, 2.24) is 14.9 Å². The van der Waals surface area contributed by atoms with Crippen LogP contribution >= 0.6 is 11.6 Å². The number of rotatable bonds is 11. The number of aromatic nitrogens is 2. The van der Waals surface area contributed by atoms with Gasteiger partial charge in [-0.1, -0.05) is 35.9 Å². The molecule has 1 heterocycles. The Morgan fingerprint density at radius 1 is 1.15 bits per heavy atom. The molecule has 1 aromatic heterocycles. The Kier molecular flexibility index (Phi) is 9.43. The highest BCUT2D eigenvalue weighted by Crippen LogP contribution is 2.38. The van der Waals surface area contributed by atoms with Crippen molar-refractivity contribution in [2.24, 2.45) is 18.5 Å². The standard InChI is InChI=1S/C29H38ClN5O4/c1-16(2)39-23-12-11-21(26(32)36)24(25(23)30)20(14-33-27(37)17(3)31)13-18-7-9-19(10-8-18)22-15-35(6)28(34-22)29(4,5)38/h7-12,15-17,20,38H,13-14,31H2,1-6H3,(H2,32,36)(H,33,37). The van der Waals surface area contributed by atoms with Crippen LogP contribution in [-0.2, 0) is 23.9 Å². The van der Waals surface area contributed by atoms with Gasteiger partial charge < -0.3 is 31.2 Å². The molecule has 10 heteroatoms. The molecule has 0 fully saturated rings. The van der Waals surface area contributed by atoms with Gasteiger partial charge in [-0.25, -0.2) is 4.98 Å². The van der Waals surface area contributed by atoms with Crippen molar-refractivity contribution in [3.05, 3.63) is 70.1 Å². The predicted octanol–water partition coefficient (Wildman–Crippen LogP) is 3.64. The van der Waals surface area contributed by atoms with Crippen LogP contribution in [0.25, 0.3) is 11.3 Å². The fraction of sp³-hybridized carbons (Fsp3) is 0.414. The van der Waals surface area contributed by atoms with E-state index in [1.165, 1.54) is 0 Å². The summed E-state index contributed by atoms with van der Waals surface area (Å²) >= 11 is 6.80. The second-order valence-corrected chi connectivity index (χ2v) is 11.0. The number of carbonyl (C=O) groups is 2. The van der Waals surface area contributed by atoms with Gasteiger partial charge in [-0.15, -0.1) is 0 Å². The molecule has 2 aromatic carbocycles. The summed E-state index contributed by atoms with van der Waals surface area (Å²) in [6.07, 6.45) is 2.18. The molecular weight excluding hydrogens is 518 g/mol. The Labute approximate surface area is 234 Å². The number of nitrogens with one attached hydrogen (secondary N) is 1. The van der Waals surface area contributed by atoms with E-state index in [-0.39, 0.29) is 29.1 Å². The van der Waals surface area contributed by atoms with E-state index < -0.39 is 23.5 Å². The Balaban J connectivity index is 2.00. The number of primary amides is 1. The van der Waals surface area contributed by atoms with E-state index in [4.69, 9.17) is 27.8 Å². The Morgan fingerprint density at radius 3 is 2.31 bits per heavy atom. The van der Waals surface area contributed by atoms with E-state index in [9.17, 15) is 14.7 Å². The minimum absolute atomic E-state index is 0.137. The van der Waals surface area contributed by atoms with Gasteiger partial charge in [0.25, 0.3) is 0 Å². The number of imidazole rings is 1. The molecule has 0 aliphatic carbocycles. The molecule has 39 heavy (non-hydrogen) atoms. The summed E-state index contributed by atoms with van der Waals surface area (Å²) in [4.78, 5) is 29.3. The lowest BCUT2D eigenvalue weighted by Crippen LogP contribution is -2.40. The number of ether oxygens (including phenoxy) is 1. The predicted molar refractivity (Wildman–Crippen MR) is 153 cm³/mol. The molecule has 210 valence electrons. The SMILES string of the molecule is CC(C)Oc1ccc(C(N)=O)c(C(CNC(=O)C(C)N)Cc2ccc(-c3cn(C)c(C(C)(C)O)n3)cc2)c1Cl. The van der Waals surface area contributed by atoms with Crippen molar-refractivity contribution in [3.63, 3.8) is 0 Å². The maximum atomic E-state index is 12.4. The maximum absolute atomic E-state index is 12.4. The third-order valence-electron chi connectivity index (χ3n) is 6.27. The maximum Gasteiger partial charge on any atom is 0.249 e. The zero-order chi connectivity index (χ0) is 29.1. The smallest absolute Gasteiger partial charge is 0.249 e. The second kappa shape index (κ2) is 12.2. The van der Waals surface area contributed by atoms with E-state index in [1.807, 2.05) is 51.4 Å². The van der Waals surface area contributed by atoms with Crippen LogP contribution in [0.5, 0.6) is 5.75 Å². The van der Waals surface area contributed by atoms with Crippen LogP contribution in [0.2, 0.25) is 5.02 Å². The Bertz CT molecular complexity index is 1330. The van der Waals surface area contributed by atoms with Crippen molar-refractivity contribution in [3.8, 4) is 17.0 Å². The van der Waals surface area contributed by atoms with Crippen LogP contribution in [0, 0.1) is 0 Å². The third-order valence-corrected chi connectivity index (χ3v) is 6.66. The highest BCUT2D eigenvalue weighted by molar-refractivity contribution is 6.33. The number of aryl methyl sites for hydroxylation is 1. The molecule has 0 saturated carbocycles. The molecule has 0 aliphatic rings. The molecule has 3 aromatic rings. The lowest BCUT2D eigenvalue weighted by molar-refractivity contribution is -0.122. The number of hydrogen-bond donors (Lipinski definition) is 4. The van der Waals surface area contributed by atoms with Gasteiger partial charge in [0.1, 0.15) is 17.2 Å². The van der Waals surface area contributed by atoms with Crippen molar-refractivity contribution in [2.45, 2.75) is 64.7 Å². The van der Waals surface area contributed by atoms with Crippen molar-refractivity contribution < 1.29 is 19.4 Å². The normalized spacial score (nSPS) is 13.3. The molecule has 9 nitrogen and oxygen atoms in total. The van der Waals surface area contributed by atoms with Gasteiger partial charge in [0.2, 0.25) is 11.8 Å². The summed E-state index contributed by atoms with van der Waals surface area (Å²) in [6, 6.07) is 10.3. The zero-order valence-corrected chi connectivity index (χ0v) is 24.0. The average Bonchev–Trinajstić information content (AvgIpc) is 3.25. The minimum atomic E-state index is -1.07. The monoisotopic (exact) mass is 555 g/mol. The molecule has 6 N–H and O–H groups in total. The minimum Gasteiger partial charge on any atom is -0.489 e.